The van der Waals surface area contributed by atoms with E-state index < -0.39 is 10.0 Å². The summed E-state index contributed by atoms with van der Waals surface area (Å²) in [5.74, 6) is 1.24. The standard InChI is InChI=1S/C15H30N2O3S/c1-13(14-8-5-4-6-9-14)12-15(18)16-10-7-11-17(2)21(3,19)20/h13-14H,4-12H2,1-3H3,(H,16,18)/t13-/m1/s1. The van der Waals surface area contributed by atoms with Gasteiger partial charge in [0.15, 0.2) is 0 Å². The van der Waals surface area contributed by atoms with Crippen LogP contribution in [0.2, 0.25) is 0 Å². The fraction of sp³-hybridized carbons (Fsp3) is 0.933. The van der Waals surface area contributed by atoms with Gasteiger partial charge in [-0.3, -0.25) is 4.79 Å². The summed E-state index contributed by atoms with van der Waals surface area (Å²) in [6.45, 7) is 3.15. The zero-order valence-corrected chi connectivity index (χ0v) is 14.4. The van der Waals surface area contributed by atoms with Crippen LogP contribution in [-0.4, -0.2) is 45.0 Å². The summed E-state index contributed by atoms with van der Waals surface area (Å²) in [5, 5.41) is 2.90. The second kappa shape index (κ2) is 8.73. The second-order valence-electron chi connectivity index (χ2n) is 6.37. The van der Waals surface area contributed by atoms with E-state index in [4.69, 9.17) is 0 Å². The van der Waals surface area contributed by atoms with E-state index in [0.717, 1.165) is 0 Å². The second-order valence-corrected chi connectivity index (χ2v) is 8.46. The third kappa shape index (κ3) is 7.27. The molecule has 0 unspecified atom stereocenters. The third-order valence-corrected chi connectivity index (χ3v) is 5.81. The first-order valence-electron chi connectivity index (χ1n) is 7.98. The van der Waals surface area contributed by atoms with Gasteiger partial charge in [0.05, 0.1) is 6.26 Å². The lowest BCUT2D eigenvalue weighted by Gasteiger charge is -2.27. The van der Waals surface area contributed by atoms with Crippen molar-refractivity contribution in [3.63, 3.8) is 0 Å². The van der Waals surface area contributed by atoms with Crippen molar-refractivity contribution in [1.82, 2.24) is 9.62 Å². The number of carbonyl (C=O) groups is 1. The molecule has 1 amide bonds. The highest BCUT2D eigenvalue weighted by molar-refractivity contribution is 7.88. The van der Waals surface area contributed by atoms with E-state index in [-0.39, 0.29) is 5.91 Å². The van der Waals surface area contributed by atoms with Crippen LogP contribution in [0.4, 0.5) is 0 Å². The maximum atomic E-state index is 11.9. The monoisotopic (exact) mass is 318 g/mol. The molecular weight excluding hydrogens is 288 g/mol. The summed E-state index contributed by atoms with van der Waals surface area (Å²) in [5.41, 5.74) is 0. The van der Waals surface area contributed by atoms with Crippen LogP contribution in [0.15, 0.2) is 0 Å². The number of nitrogens with zero attached hydrogens (tertiary/aromatic N) is 1. The molecule has 0 aliphatic heterocycles. The van der Waals surface area contributed by atoms with E-state index in [9.17, 15) is 13.2 Å². The van der Waals surface area contributed by atoms with Crippen LogP contribution >= 0.6 is 0 Å². The van der Waals surface area contributed by atoms with Gasteiger partial charge in [-0.05, 0) is 18.3 Å². The van der Waals surface area contributed by atoms with Crippen molar-refractivity contribution in [3.8, 4) is 0 Å². The fourth-order valence-corrected chi connectivity index (χ4v) is 3.39. The van der Waals surface area contributed by atoms with E-state index in [1.165, 1.54) is 42.7 Å². The average Bonchev–Trinajstić information content (AvgIpc) is 2.43. The van der Waals surface area contributed by atoms with Gasteiger partial charge in [-0.25, -0.2) is 12.7 Å². The Labute approximate surface area is 129 Å². The predicted molar refractivity (Wildman–Crippen MR) is 85.5 cm³/mol. The number of rotatable bonds is 8. The molecule has 0 saturated heterocycles. The van der Waals surface area contributed by atoms with Crippen molar-refractivity contribution < 1.29 is 13.2 Å². The van der Waals surface area contributed by atoms with E-state index in [2.05, 4.69) is 12.2 Å². The van der Waals surface area contributed by atoms with Crippen LogP contribution in [0.1, 0.15) is 51.9 Å². The first-order valence-corrected chi connectivity index (χ1v) is 9.83. The lowest BCUT2D eigenvalue weighted by Crippen LogP contribution is -2.32. The molecule has 21 heavy (non-hydrogen) atoms. The summed E-state index contributed by atoms with van der Waals surface area (Å²) in [4.78, 5) is 11.9. The molecule has 1 atom stereocenters. The summed E-state index contributed by atoms with van der Waals surface area (Å²) < 4.78 is 23.7. The molecule has 5 nitrogen and oxygen atoms in total. The van der Waals surface area contributed by atoms with Crippen LogP contribution in [0.3, 0.4) is 0 Å². The van der Waals surface area contributed by atoms with Crippen molar-refractivity contribution in [2.24, 2.45) is 11.8 Å². The Morgan fingerprint density at radius 3 is 2.48 bits per heavy atom. The van der Waals surface area contributed by atoms with Gasteiger partial charge in [0.2, 0.25) is 15.9 Å². The number of amides is 1. The van der Waals surface area contributed by atoms with E-state index in [0.29, 0.717) is 37.8 Å². The van der Waals surface area contributed by atoms with E-state index >= 15 is 0 Å². The number of nitrogens with one attached hydrogen (secondary N) is 1. The summed E-state index contributed by atoms with van der Waals surface area (Å²) in [6.07, 6.45) is 8.88. The average molecular weight is 318 g/mol. The molecule has 0 heterocycles. The Morgan fingerprint density at radius 2 is 1.90 bits per heavy atom. The molecule has 0 spiro atoms. The molecule has 1 N–H and O–H groups in total. The number of hydrogen-bond acceptors (Lipinski definition) is 3. The molecule has 0 radical (unpaired) electrons. The first-order chi connectivity index (χ1) is 9.80. The normalized spacial score (nSPS) is 18.7. The minimum absolute atomic E-state index is 0.0927. The van der Waals surface area contributed by atoms with Crippen molar-refractivity contribution in [3.05, 3.63) is 0 Å². The van der Waals surface area contributed by atoms with Gasteiger partial charge < -0.3 is 5.32 Å². The van der Waals surface area contributed by atoms with Crippen LogP contribution in [-0.2, 0) is 14.8 Å². The molecule has 6 heteroatoms. The van der Waals surface area contributed by atoms with Crippen molar-refractivity contribution in [2.75, 3.05) is 26.4 Å². The zero-order chi connectivity index (χ0) is 15.9. The first kappa shape index (κ1) is 18.4. The number of sulfonamides is 1. The fourth-order valence-electron chi connectivity index (χ4n) is 2.93. The quantitative estimate of drug-likeness (QED) is 0.696. The Kier molecular flexibility index (Phi) is 7.66. The molecule has 0 aromatic carbocycles. The summed E-state index contributed by atoms with van der Waals surface area (Å²) in [6, 6.07) is 0. The Morgan fingerprint density at radius 1 is 1.29 bits per heavy atom. The smallest absolute Gasteiger partial charge is 0.220 e. The highest BCUT2D eigenvalue weighted by Gasteiger charge is 2.21. The maximum absolute atomic E-state index is 11.9. The lowest BCUT2D eigenvalue weighted by molar-refractivity contribution is -0.122. The third-order valence-electron chi connectivity index (χ3n) is 4.50. The van der Waals surface area contributed by atoms with E-state index in [1.54, 1.807) is 7.05 Å². The minimum Gasteiger partial charge on any atom is -0.356 e. The van der Waals surface area contributed by atoms with Gasteiger partial charge in [-0.15, -0.1) is 0 Å². The molecule has 124 valence electrons. The van der Waals surface area contributed by atoms with Crippen LogP contribution < -0.4 is 5.32 Å². The van der Waals surface area contributed by atoms with Gasteiger partial charge in [-0.1, -0.05) is 39.0 Å². The van der Waals surface area contributed by atoms with Crippen molar-refractivity contribution >= 4 is 15.9 Å². The van der Waals surface area contributed by atoms with Gasteiger partial charge in [0, 0.05) is 26.6 Å². The zero-order valence-electron chi connectivity index (χ0n) is 13.6. The minimum atomic E-state index is -3.12. The molecule has 1 aliphatic carbocycles. The molecule has 0 aromatic rings. The predicted octanol–water partition coefficient (Wildman–Crippen LogP) is 1.99. The van der Waals surface area contributed by atoms with Crippen LogP contribution in [0.25, 0.3) is 0 Å². The Balaban J connectivity index is 2.16. The van der Waals surface area contributed by atoms with Gasteiger partial charge in [-0.2, -0.15) is 0 Å². The summed E-state index contributed by atoms with van der Waals surface area (Å²) in [7, 11) is -1.56. The molecule has 0 bridgehead atoms. The molecule has 1 saturated carbocycles. The molecule has 1 aliphatic rings. The van der Waals surface area contributed by atoms with Gasteiger partial charge in [0.1, 0.15) is 0 Å². The largest absolute Gasteiger partial charge is 0.356 e. The molecular formula is C15H30N2O3S. The highest BCUT2D eigenvalue weighted by atomic mass is 32.2. The van der Waals surface area contributed by atoms with Crippen LogP contribution in [0, 0.1) is 11.8 Å². The summed E-state index contributed by atoms with van der Waals surface area (Å²) >= 11 is 0. The topological polar surface area (TPSA) is 66.5 Å². The van der Waals surface area contributed by atoms with E-state index in [1.807, 2.05) is 0 Å². The molecule has 1 fully saturated rings. The highest BCUT2D eigenvalue weighted by Crippen LogP contribution is 2.31. The SMILES string of the molecule is C[C@H](CC(=O)NCCCN(C)S(C)(=O)=O)C1CCCCC1. The van der Waals surface area contributed by atoms with Gasteiger partial charge in [0.25, 0.3) is 0 Å². The van der Waals surface area contributed by atoms with Crippen molar-refractivity contribution in [1.29, 1.82) is 0 Å². The number of carbonyl (C=O) groups excluding carboxylic acids is 1. The molecule has 1 rings (SSSR count). The van der Waals surface area contributed by atoms with Crippen LogP contribution in [0.5, 0.6) is 0 Å². The van der Waals surface area contributed by atoms with Gasteiger partial charge >= 0.3 is 0 Å². The Hall–Kier alpha value is -0.620. The maximum Gasteiger partial charge on any atom is 0.220 e. The Bertz CT molecular complexity index is 417. The van der Waals surface area contributed by atoms with Crippen molar-refractivity contribution in [2.45, 2.75) is 51.9 Å². The lowest BCUT2D eigenvalue weighted by atomic mass is 9.79. The molecule has 0 aromatic heterocycles. The number of hydrogen-bond donors (Lipinski definition) is 1.